The zero-order chi connectivity index (χ0) is 28.8. The number of amides is 1. The zero-order valence-corrected chi connectivity index (χ0v) is 25.5. The molecule has 3 heterocycles. The molecule has 0 aromatic heterocycles. The molecule has 3 aliphatic heterocycles. The second-order valence-corrected chi connectivity index (χ2v) is 14.4. The van der Waals surface area contributed by atoms with Gasteiger partial charge in [-0.25, -0.2) is 0 Å². The van der Waals surface area contributed by atoms with Crippen molar-refractivity contribution in [3.8, 4) is 11.5 Å². The van der Waals surface area contributed by atoms with Crippen LogP contribution in [0.25, 0.3) is 0 Å². The molecule has 3 unspecified atom stereocenters. The molecule has 1 spiro atoms. The third-order valence-electron chi connectivity index (χ3n) is 11.8. The molecular weight excluding hydrogens is 524 g/mol. The average Bonchev–Trinajstić information content (AvgIpc) is 3.82. The standard InChI is InChI=1S/C36H46N2O4/c1-4-5-18-41-29-13-8-23(3)30-31(29)42-33-27(37-17-15-26(34(37)39)19-24-9-6-22(2)7-10-24)14-16-36(40)32-28(20-35(30,33)36)38(32)21-25-11-12-25/h6-10,13,25-28,32-33,40H,4-5,11-12,14-21H2,1-3H3/t26?,27-,28?,32+,33-,35-,36+,38?/m0/s1. The summed E-state index contributed by atoms with van der Waals surface area (Å²) in [5.41, 5.74) is 3.45. The van der Waals surface area contributed by atoms with Crippen LogP contribution in [-0.4, -0.2) is 70.3 Å². The van der Waals surface area contributed by atoms with Crippen molar-refractivity contribution in [1.82, 2.24) is 9.80 Å². The number of aliphatic hydroxyl groups is 1. The summed E-state index contributed by atoms with van der Waals surface area (Å²) in [5.74, 6) is 2.71. The van der Waals surface area contributed by atoms with Crippen molar-refractivity contribution in [3.63, 3.8) is 0 Å². The summed E-state index contributed by atoms with van der Waals surface area (Å²) in [5, 5.41) is 12.9. The molecule has 3 saturated carbocycles. The molecule has 6 heteroatoms. The Labute approximate surface area is 250 Å². The van der Waals surface area contributed by atoms with Gasteiger partial charge in [-0.15, -0.1) is 0 Å². The van der Waals surface area contributed by atoms with Crippen LogP contribution in [0.5, 0.6) is 11.5 Å². The molecule has 2 aromatic carbocycles. The lowest BCUT2D eigenvalue weighted by molar-refractivity contribution is -0.150. The first-order valence-electron chi connectivity index (χ1n) is 16.6. The quantitative estimate of drug-likeness (QED) is 0.326. The first-order chi connectivity index (χ1) is 20.4. The normalized spacial score (nSPS) is 37.6. The first kappa shape index (κ1) is 27.0. The van der Waals surface area contributed by atoms with Crippen molar-refractivity contribution in [2.24, 2.45) is 11.8 Å². The SMILES string of the molecule is CCCCOc1ccc(C)c2c1O[C@H]1[C@@H](N3CCC(Cc4ccc(C)cc4)C3=O)CC[C@@]3(O)[C@H]4C(C[C@]213)N4CC1CC1. The number of carbonyl (C=O) groups excluding carboxylic acids is 1. The van der Waals surface area contributed by atoms with Crippen LogP contribution < -0.4 is 9.47 Å². The largest absolute Gasteiger partial charge is 0.490 e. The maximum atomic E-state index is 14.0. The second-order valence-electron chi connectivity index (χ2n) is 14.4. The molecule has 2 aromatic rings. The van der Waals surface area contributed by atoms with E-state index in [4.69, 9.17) is 9.47 Å². The van der Waals surface area contributed by atoms with E-state index in [2.05, 4.69) is 67.0 Å². The molecule has 8 rings (SSSR count). The molecule has 224 valence electrons. The highest BCUT2D eigenvalue weighted by Gasteiger charge is 2.81. The van der Waals surface area contributed by atoms with Gasteiger partial charge in [-0.1, -0.05) is 49.2 Å². The molecule has 0 bridgehead atoms. The van der Waals surface area contributed by atoms with Gasteiger partial charge in [0.25, 0.3) is 0 Å². The predicted molar refractivity (Wildman–Crippen MR) is 162 cm³/mol. The van der Waals surface area contributed by atoms with Crippen molar-refractivity contribution in [1.29, 1.82) is 0 Å². The van der Waals surface area contributed by atoms with Crippen molar-refractivity contribution in [3.05, 3.63) is 58.7 Å². The molecule has 2 saturated heterocycles. The molecular formula is C36H46N2O4. The summed E-state index contributed by atoms with van der Waals surface area (Å²) < 4.78 is 13.4. The van der Waals surface area contributed by atoms with Crippen LogP contribution in [-0.2, 0) is 16.6 Å². The van der Waals surface area contributed by atoms with Crippen LogP contribution in [0.3, 0.4) is 0 Å². The fraction of sp³-hybridized carbons (Fsp3) is 0.639. The summed E-state index contributed by atoms with van der Waals surface area (Å²) >= 11 is 0. The maximum Gasteiger partial charge on any atom is 0.226 e. The number of aryl methyl sites for hydroxylation is 2. The predicted octanol–water partition coefficient (Wildman–Crippen LogP) is 5.33. The minimum Gasteiger partial charge on any atom is -0.490 e. The third-order valence-corrected chi connectivity index (χ3v) is 11.8. The van der Waals surface area contributed by atoms with E-state index >= 15 is 0 Å². The topological polar surface area (TPSA) is 62.0 Å². The maximum absolute atomic E-state index is 14.0. The van der Waals surface area contributed by atoms with Gasteiger partial charge in [-0.05, 0) is 88.3 Å². The number of piperidine rings is 1. The van der Waals surface area contributed by atoms with Gasteiger partial charge in [0.15, 0.2) is 11.5 Å². The summed E-state index contributed by atoms with van der Waals surface area (Å²) in [6.45, 7) is 9.00. The minimum atomic E-state index is -0.851. The Morgan fingerprint density at radius 2 is 1.86 bits per heavy atom. The summed E-state index contributed by atoms with van der Waals surface area (Å²) in [7, 11) is 0. The van der Waals surface area contributed by atoms with E-state index in [1.807, 2.05) is 0 Å². The van der Waals surface area contributed by atoms with Gasteiger partial charge < -0.3 is 19.5 Å². The fourth-order valence-corrected chi connectivity index (χ4v) is 9.50. The van der Waals surface area contributed by atoms with Gasteiger partial charge in [0.2, 0.25) is 5.91 Å². The minimum absolute atomic E-state index is 0.00827. The second kappa shape index (κ2) is 9.72. The summed E-state index contributed by atoms with van der Waals surface area (Å²) in [4.78, 5) is 18.8. The van der Waals surface area contributed by atoms with Crippen molar-refractivity contribution in [2.75, 3.05) is 19.7 Å². The van der Waals surface area contributed by atoms with Gasteiger partial charge in [-0.2, -0.15) is 0 Å². The van der Waals surface area contributed by atoms with Gasteiger partial charge in [-0.3, -0.25) is 9.69 Å². The lowest BCUT2D eigenvalue weighted by Gasteiger charge is -2.53. The Kier molecular flexibility index (Phi) is 6.25. The molecule has 3 aliphatic carbocycles. The van der Waals surface area contributed by atoms with Crippen molar-refractivity contribution in [2.45, 2.75) is 114 Å². The van der Waals surface area contributed by atoms with Crippen LogP contribution in [0, 0.1) is 25.7 Å². The first-order valence-corrected chi connectivity index (χ1v) is 16.6. The smallest absolute Gasteiger partial charge is 0.226 e. The number of hydrogen-bond acceptors (Lipinski definition) is 5. The zero-order valence-electron chi connectivity index (χ0n) is 25.5. The highest BCUT2D eigenvalue weighted by molar-refractivity contribution is 5.82. The number of likely N-dealkylation sites (tertiary alicyclic amines) is 2. The monoisotopic (exact) mass is 570 g/mol. The summed E-state index contributed by atoms with van der Waals surface area (Å²) in [6, 6.07) is 13.4. The fourth-order valence-electron chi connectivity index (χ4n) is 9.50. The molecule has 1 N–H and O–H groups in total. The lowest BCUT2D eigenvalue weighted by Crippen LogP contribution is -2.68. The molecule has 6 aliphatic rings. The molecule has 8 atom stereocenters. The van der Waals surface area contributed by atoms with E-state index in [1.54, 1.807) is 0 Å². The Bertz CT molecular complexity index is 1390. The Morgan fingerprint density at radius 3 is 2.62 bits per heavy atom. The van der Waals surface area contributed by atoms with Crippen LogP contribution in [0.1, 0.15) is 80.5 Å². The van der Waals surface area contributed by atoms with Crippen LogP contribution in [0.4, 0.5) is 0 Å². The summed E-state index contributed by atoms with van der Waals surface area (Å²) in [6.07, 6.45) is 8.55. The van der Waals surface area contributed by atoms with Crippen LogP contribution in [0.15, 0.2) is 36.4 Å². The number of ether oxygens (including phenoxy) is 2. The van der Waals surface area contributed by atoms with Crippen molar-refractivity contribution < 1.29 is 19.4 Å². The number of benzene rings is 2. The third kappa shape index (κ3) is 3.86. The van der Waals surface area contributed by atoms with Gasteiger partial charge in [0.05, 0.1) is 29.7 Å². The molecule has 5 fully saturated rings. The lowest BCUT2D eigenvalue weighted by atomic mass is 9.57. The average molecular weight is 571 g/mol. The van der Waals surface area contributed by atoms with E-state index in [0.29, 0.717) is 19.1 Å². The van der Waals surface area contributed by atoms with E-state index in [9.17, 15) is 9.90 Å². The number of rotatable bonds is 9. The Morgan fingerprint density at radius 1 is 1.05 bits per heavy atom. The molecule has 42 heavy (non-hydrogen) atoms. The van der Waals surface area contributed by atoms with E-state index < -0.39 is 11.0 Å². The number of nitrogens with zero attached hydrogens (tertiary/aromatic N) is 2. The number of carbonyl (C=O) groups is 1. The number of hydrogen-bond donors (Lipinski definition) is 1. The van der Waals surface area contributed by atoms with Gasteiger partial charge in [0.1, 0.15) is 6.10 Å². The Balaban J connectivity index is 1.13. The van der Waals surface area contributed by atoms with E-state index in [-0.39, 0.29) is 30.0 Å². The highest BCUT2D eigenvalue weighted by Crippen LogP contribution is 2.70. The van der Waals surface area contributed by atoms with Crippen LogP contribution in [0.2, 0.25) is 0 Å². The Hall–Kier alpha value is -2.57. The van der Waals surface area contributed by atoms with E-state index in [1.165, 1.54) is 29.5 Å². The van der Waals surface area contributed by atoms with Crippen LogP contribution >= 0.6 is 0 Å². The molecule has 0 radical (unpaired) electrons. The van der Waals surface area contributed by atoms with Gasteiger partial charge in [0, 0.05) is 30.6 Å². The molecule has 1 amide bonds. The van der Waals surface area contributed by atoms with Crippen molar-refractivity contribution >= 4 is 5.91 Å². The van der Waals surface area contributed by atoms with Gasteiger partial charge >= 0.3 is 0 Å². The number of fused-ring (bicyclic) bond motifs is 3. The molecule has 6 nitrogen and oxygen atoms in total. The number of unbranched alkanes of at least 4 members (excludes halogenated alkanes) is 1. The highest BCUT2D eigenvalue weighted by atomic mass is 16.5. The van der Waals surface area contributed by atoms with E-state index in [0.717, 1.165) is 74.6 Å².